The molecule has 3 heterocycles. The Kier molecular flexibility index (Phi) is 13.7. The van der Waals surface area contributed by atoms with E-state index in [1.54, 1.807) is 31.5 Å². The Morgan fingerprint density at radius 2 is 1.75 bits per heavy atom. The zero-order valence-electron chi connectivity index (χ0n) is 30.6. The Bertz CT molecular complexity index is 1670. The molecule has 52 heavy (non-hydrogen) atoms. The number of hydroxylamine groups is 1. The number of allylic oxidation sites excluding steroid dienone is 1. The molecule has 3 atom stereocenters. The molecule has 13 nitrogen and oxygen atoms in total. The Labute approximate surface area is 313 Å². The summed E-state index contributed by atoms with van der Waals surface area (Å²) in [6.07, 6.45) is 8.76. The van der Waals surface area contributed by atoms with Crippen molar-refractivity contribution in [2.45, 2.75) is 82.4 Å². The fraction of sp³-hybridized carbons (Fsp3) is 0.568. The summed E-state index contributed by atoms with van der Waals surface area (Å²) >= 11 is 3.79. The van der Waals surface area contributed by atoms with Gasteiger partial charge in [0.25, 0.3) is 5.91 Å². The van der Waals surface area contributed by atoms with Gasteiger partial charge in [-0.05, 0) is 55.8 Å². The van der Waals surface area contributed by atoms with E-state index in [0.717, 1.165) is 37.2 Å². The molecular formula is C37H50N4O9S2. The number of ether oxygens (including phenoxy) is 5. The maximum absolute atomic E-state index is 13.7. The Morgan fingerprint density at radius 3 is 2.40 bits per heavy atom. The summed E-state index contributed by atoms with van der Waals surface area (Å²) < 4.78 is 31.0. The number of hydrogen-bond acceptors (Lipinski definition) is 12. The molecule has 3 aliphatic rings. The topological polar surface area (TPSA) is 158 Å². The smallest absolute Gasteiger partial charge is 0.302 e. The normalized spacial score (nSPS) is 19.7. The van der Waals surface area contributed by atoms with Crippen LogP contribution in [0.4, 0.5) is 5.69 Å². The second kappa shape index (κ2) is 18.2. The minimum absolute atomic E-state index is 0.0735. The van der Waals surface area contributed by atoms with E-state index in [-0.39, 0.29) is 24.3 Å². The van der Waals surface area contributed by atoms with Crippen LogP contribution in [-0.2, 0) is 9.53 Å². The van der Waals surface area contributed by atoms with Gasteiger partial charge in [0, 0.05) is 38.1 Å². The lowest BCUT2D eigenvalue weighted by Crippen LogP contribution is -2.41. The van der Waals surface area contributed by atoms with E-state index in [4.69, 9.17) is 29.4 Å². The molecule has 1 saturated heterocycles. The number of nitrogens with two attached hydrogens (primary N) is 1. The second-order valence-corrected chi connectivity index (χ2v) is 15.9. The first-order chi connectivity index (χ1) is 25.1. The van der Waals surface area contributed by atoms with Gasteiger partial charge in [0.15, 0.2) is 28.7 Å². The number of aromatic nitrogens is 1. The van der Waals surface area contributed by atoms with Gasteiger partial charge in [-0.1, -0.05) is 13.8 Å². The molecule has 2 unspecified atom stereocenters. The molecule has 0 bridgehead atoms. The number of fused-ring (bicyclic) bond motifs is 2. The van der Waals surface area contributed by atoms with Crippen LogP contribution in [0.5, 0.6) is 23.0 Å². The molecule has 2 aromatic rings. The number of likely N-dealkylation sites (tertiary alicyclic amines) is 1. The van der Waals surface area contributed by atoms with Crippen LogP contribution in [-0.4, -0.2) is 100 Å². The van der Waals surface area contributed by atoms with Gasteiger partial charge in [0.05, 0.1) is 49.8 Å². The number of anilines is 1. The summed E-state index contributed by atoms with van der Waals surface area (Å²) in [4.78, 5) is 40.8. The molecule has 15 heteroatoms. The third-order valence-corrected chi connectivity index (χ3v) is 12.1. The average Bonchev–Trinajstić information content (AvgIpc) is 3.73. The summed E-state index contributed by atoms with van der Waals surface area (Å²) in [5.74, 6) is 1.99. The Morgan fingerprint density at radius 1 is 1.04 bits per heavy atom. The van der Waals surface area contributed by atoms with Crippen molar-refractivity contribution in [3.8, 4) is 23.0 Å². The Balaban J connectivity index is 1.14. The summed E-state index contributed by atoms with van der Waals surface area (Å²) in [5, 5.41) is 13.0. The summed E-state index contributed by atoms with van der Waals surface area (Å²) in [6.45, 7) is 7.09. The summed E-state index contributed by atoms with van der Waals surface area (Å²) in [5.41, 5.74) is 7.84. The van der Waals surface area contributed by atoms with E-state index in [2.05, 4.69) is 13.8 Å². The molecule has 5 rings (SSSR count). The van der Waals surface area contributed by atoms with E-state index in [1.165, 1.54) is 24.8 Å². The summed E-state index contributed by atoms with van der Waals surface area (Å²) in [6, 6.07) is 3.53. The van der Waals surface area contributed by atoms with Gasteiger partial charge in [0.2, 0.25) is 17.8 Å². The predicted octanol–water partition coefficient (Wildman–Crippen LogP) is 5.96. The number of carbonyl (C=O) groups is 3. The van der Waals surface area contributed by atoms with Gasteiger partial charge in [-0.3, -0.25) is 19.0 Å². The zero-order chi connectivity index (χ0) is 37.4. The molecule has 284 valence electrons. The fourth-order valence-electron chi connectivity index (χ4n) is 6.98. The third kappa shape index (κ3) is 8.79. The average molecular weight is 759 g/mol. The lowest BCUT2D eigenvalue weighted by molar-refractivity contribution is -0.404. The lowest BCUT2D eigenvalue weighted by Gasteiger charge is -2.31. The number of nitrogens with zero attached hydrogens (tertiary/aromatic N) is 3. The maximum atomic E-state index is 13.7. The highest BCUT2D eigenvalue weighted by Gasteiger charge is 2.41. The van der Waals surface area contributed by atoms with Gasteiger partial charge in [-0.15, -0.1) is 23.5 Å². The van der Waals surface area contributed by atoms with Crippen LogP contribution < -0.4 is 24.7 Å². The molecule has 1 amide bonds. The second-order valence-electron chi connectivity index (χ2n) is 12.8. The van der Waals surface area contributed by atoms with Crippen LogP contribution in [0.1, 0.15) is 86.6 Å². The number of nitrogen functional groups attached to an aromatic ring is 1. The van der Waals surface area contributed by atoms with Crippen molar-refractivity contribution in [2.75, 3.05) is 51.2 Å². The number of carbonyl (C=O) groups excluding carboxylic acids is 3. The van der Waals surface area contributed by atoms with E-state index < -0.39 is 18.0 Å². The van der Waals surface area contributed by atoms with E-state index >= 15 is 0 Å². The number of benzene rings is 1. The van der Waals surface area contributed by atoms with Crippen molar-refractivity contribution in [2.24, 2.45) is 5.92 Å². The molecule has 2 N–H and O–H groups in total. The summed E-state index contributed by atoms with van der Waals surface area (Å²) in [7, 11) is 3.01. The monoisotopic (exact) mass is 758 g/mol. The molecule has 1 fully saturated rings. The van der Waals surface area contributed by atoms with Gasteiger partial charge in [0.1, 0.15) is 12.0 Å². The van der Waals surface area contributed by atoms with Crippen molar-refractivity contribution in [1.82, 2.24) is 9.47 Å². The molecule has 0 radical (unpaired) electrons. The number of unbranched alkanes of at least 4 members (excludes halogenated alkanes) is 2. The van der Waals surface area contributed by atoms with Crippen LogP contribution in [0.2, 0.25) is 0 Å². The molecule has 0 spiro atoms. The van der Waals surface area contributed by atoms with Gasteiger partial charge >= 0.3 is 5.97 Å². The number of hydrogen-bond donors (Lipinski definition) is 1. The number of methoxy groups -OCH3 is 2. The van der Waals surface area contributed by atoms with Gasteiger partial charge < -0.3 is 39.5 Å². The van der Waals surface area contributed by atoms with E-state index in [1.807, 2.05) is 28.4 Å². The van der Waals surface area contributed by atoms with Crippen LogP contribution in [0, 0.1) is 11.1 Å². The molecule has 0 saturated carbocycles. The highest BCUT2D eigenvalue weighted by Crippen LogP contribution is 2.40. The quantitative estimate of drug-likeness (QED) is 0.0505. The van der Waals surface area contributed by atoms with Crippen LogP contribution in [0.25, 0.3) is 0 Å². The van der Waals surface area contributed by atoms with Crippen molar-refractivity contribution in [3.05, 3.63) is 46.6 Å². The Hall–Kier alpha value is -3.98. The highest BCUT2D eigenvalue weighted by molar-refractivity contribution is 8.17. The number of rotatable bonds is 17. The van der Waals surface area contributed by atoms with E-state index in [9.17, 15) is 19.6 Å². The highest BCUT2D eigenvalue weighted by atomic mass is 32.2. The first-order valence-corrected chi connectivity index (χ1v) is 20.0. The third-order valence-electron chi connectivity index (χ3n) is 9.38. The first kappa shape index (κ1) is 39.2. The molecule has 1 aromatic carbocycles. The fourth-order valence-corrected chi connectivity index (χ4v) is 9.85. The van der Waals surface area contributed by atoms with Crippen molar-refractivity contribution in [1.29, 1.82) is 0 Å². The van der Waals surface area contributed by atoms with Crippen LogP contribution >= 0.6 is 23.5 Å². The zero-order valence-corrected chi connectivity index (χ0v) is 32.2. The minimum atomic E-state index is -0.770. The van der Waals surface area contributed by atoms with Crippen LogP contribution in [0.3, 0.4) is 0 Å². The van der Waals surface area contributed by atoms with Gasteiger partial charge in [-0.25, -0.2) is 0 Å². The predicted molar refractivity (Wildman–Crippen MR) is 203 cm³/mol. The molecule has 1 aromatic heterocycles. The standard InChI is InChI=1S/C37H50N4O9S2/c1-6-51-37(52-7-2)29-12-11-15-39(29)35(43)25-19-31(46-4)32(20-27(25)38)48-16-9-8-10-17-49-33-22-40-30(34(33)47-5)21-41(45)28-14-13-24(50-23(3)42)18-26(28)36(40)44/h14,19-22,24,26,29,37H,6-13,15-18,38H2,1-5H3/t24?,26?,29-/m0/s1. The van der Waals surface area contributed by atoms with Crippen molar-refractivity contribution >= 4 is 53.2 Å². The minimum Gasteiger partial charge on any atom is -0.618 e. The van der Waals surface area contributed by atoms with Gasteiger partial charge in [-0.2, -0.15) is 4.74 Å². The van der Waals surface area contributed by atoms with Crippen molar-refractivity contribution in [3.63, 3.8) is 0 Å². The molecule has 2 aliphatic heterocycles. The SMILES string of the molecule is CCSC(SCC)[C@@H]1CCCN1C(=O)c1cc(OC)c(OCCCCCOc2cn3c(c2OC)C=[N+]([O-])C2=CCC(OC(C)=O)CC2C3=O)cc1N. The lowest BCUT2D eigenvalue weighted by atomic mass is 9.89. The van der Waals surface area contributed by atoms with E-state index in [0.29, 0.717) is 87.6 Å². The maximum Gasteiger partial charge on any atom is 0.302 e. The number of amides is 1. The van der Waals surface area contributed by atoms with Crippen LogP contribution in [0.15, 0.2) is 30.1 Å². The number of thioether (sulfide) groups is 2. The number of esters is 1. The molecule has 1 aliphatic carbocycles. The first-order valence-electron chi connectivity index (χ1n) is 17.9. The largest absolute Gasteiger partial charge is 0.618 e. The van der Waals surface area contributed by atoms with Crippen molar-refractivity contribution < 1.29 is 42.8 Å². The molecular weight excluding hydrogens is 709 g/mol.